The fraction of sp³-hybridized carbons (Fsp3) is 0.462. The number of aromatic nitrogens is 2. The van der Waals surface area contributed by atoms with Gasteiger partial charge in [0.25, 0.3) is 0 Å². The van der Waals surface area contributed by atoms with E-state index in [4.69, 9.17) is 0 Å². The number of aromatic amines is 1. The minimum Gasteiger partial charge on any atom is -0.369 e. The van der Waals surface area contributed by atoms with Gasteiger partial charge in [0.1, 0.15) is 0 Å². The number of benzene rings is 1. The Balaban J connectivity index is 1.79. The molecule has 1 aromatic carbocycles. The number of imidazole rings is 1. The molecule has 2 heterocycles. The van der Waals surface area contributed by atoms with E-state index in [2.05, 4.69) is 44.9 Å². The Morgan fingerprint density at radius 3 is 2.82 bits per heavy atom. The largest absolute Gasteiger partial charge is 0.369 e. The van der Waals surface area contributed by atoms with Gasteiger partial charge in [0.2, 0.25) is 0 Å². The van der Waals surface area contributed by atoms with Crippen LogP contribution >= 0.6 is 0 Å². The van der Waals surface area contributed by atoms with E-state index in [1.807, 2.05) is 0 Å². The van der Waals surface area contributed by atoms with Crippen molar-refractivity contribution in [2.75, 3.05) is 37.6 Å². The molecule has 0 radical (unpaired) electrons. The molecule has 1 saturated heterocycles. The maximum Gasteiger partial charge on any atom is 0.0931 e. The zero-order chi connectivity index (χ0) is 11.7. The van der Waals surface area contributed by atoms with Gasteiger partial charge in [-0.3, -0.25) is 0 Å². The van der Waals surface area contributed by atoms with Crippen LogP contribution < -0.4 is 4.90 Å². The quantitative estimate of drug-likeness (QED) is 0.853. The highest BCUT2D eigenvalue weighted by Gasteiger charge is 2.15. The molecular formula is C13H18N4. The van der Waals surface area contributed by atoms with Gasteiger partial charge in [0.15, 0.2) is 0 Å². The van der Waals surface area contributed by atoms with Crippen molar-refractivity contribution >= 4 is 16.7 Å². The lowest BCUT2D eigenvalue weighted by Gasteiger charge is -2.35. The first-order valence-corrected chi connectivity index (χ1v) is 6.27. The topological polar surface area (TPSA) is 35.2 Å². The lowest BCUT2D eigenvalue weighted by molar-refractivity contribution is 0.271. The van der Waals surface area contributed by atoms with Crippen molar-refractivity contribution < 1.29 is 0 Å². The Morgan fingerprint density at radius 1 is 1.24 bits per heavy atom. The molecule has 0 spiro atoms. The first kappa shape index (κ1) is 10.6. The summed E-state index contributed by atoms with van der Waals surface area (Å²) in [5.41, 5.74) is 3.47. The predicted octanol–water partition coefficient (Wildman–Crippen LogP) is 1.70. The lowest BCUT2D eigenvalue weighted by Crippen LogP contribution is -2.46. The van der Waals surface area contributed by atoms with Gasteiger partial charge < -0.3 is 14.8 Å². The van der Waals surface area contributed by atoms with E-state index in [-0.39, 0.29) is 0 Å². The molecule has 1 aliphatic heterocycles. The van der Waals surface area contributed by atoms with E-state index in [0.29, 0.717) is 0 Å². The van der Waals surface area contributed by atoms with E-state index in [1.54, 1.807) is 6.33 Å². The summed E-state index contributed by atoms with van der Waals surface area (Å²) in [6.07, 6.45) is 1.75. The smallest absolute Gasteiger partial charge is 0.0931 e. The van der Waals surface area contributed by atoms with Crippen LogP contribution in [0.4, 0.5) is 5.69 Å². The van der Waals surface area contributed by atoms with Crippen molar-refractivity contribution in [3.63, 3.8) is 0 Å². The minimum absolute atomic E-state index is 1.04. The van der Waals surface area contributed by atoms with Crippen LogP contribution in [0, 0.1) is 0 Å². The zero-order valence-electron chi connectivity index (χ0n) is 10.2. The molecule has 1 N–H and O–H groups in total. The molecule has 4 nitrogen and oxygen atoms in total. The third kappa shape index (κ3) is 2.00. The number of anilines is 1. The van der Waals surface area contributed by atoms with Crippen LogP contribution in [0.2, 0.25) is 0 Å². The van der Waals surface area contributed by atoms with Crippen molar-refractivity contribution in [1.29, 1.82) is 0 Å². The van der Waals surface area contributed by atoms with E-state index in [1.165, 1.54) is 5.69 Å². The number of rotatable bonds is 2. The molecular weight excluding hydrogens is 212 g/mol. The van der Waals surface area contributed by atoms with Gasteiger partial charge in [-0.25, -0.2) is 4.98 Å². The van der Waals surface area contributed by atoms with Crippen molar-refractivity contribution in [3.8, 4) is 0 Å². The molecule has 0 amide bonds. The highest BCUT2D eigenvalue weighted by molar-refractivity contribution is 5.79. The van der Waals surface area contributed by atoms with Gasteiger partial charge in [-0.15, -0.1) is 0 Å². The van der Waals surface area contributed by atoms with Gasteiger partial charge in [-0.2, -0.15) is 0 Å². The molecule has 1 aromatic heterocycles. The van der Waals surface area contributed by atoms with E-state index < -0.39 is 0 Å². The molecule has 2 aromatic rings. The van der Waals surface area contributed by atoms with E-state index in [0.717, 1.165) is 43.8 Å². The van der Waals surface area contributed by atoms with Gasteiger partial charge in [-0.05, 0) is 24.7 Å². The van der Waals surface area contributed by atoms with Gasteiger partial charge in [-0.1, -0.05) is 6.92 Å². The summed E-state index contributed by atoms with van der Waals surface area (Å²) in [6.45, 7) is 7.95. The fourth-order valence-electron chi connectivity index (χ4n) is 2.44. The molecule has 90 valence electrons. The SMILES string of the molecule is CCN1CCN(c2ccc3nc[nH]c3c2)CC1. The maximum atomic E-state index is 4.25. The Labute approximate surface area is 101 Å². The summed E-state index contributed by atoms with van der Waals surface area (Å²) in [6, 6.07) is 6.46. The monoisotopic (exact) mass is 230 g/mol. The number of piperazine rings is 1. The van der Waals surface area contributed by atoms with Gasteiger partial charge in [0.05, 0.1) is 17.4 Å². The van der Waals surface area contributed by atoms with Crippen LogP contribution in [0.15, 0.2) is 24.5 Å². The second-order valence-corrected chi connectivity index (χ2v) is 4.53. The molecule has 3 rings (SSSR count). The molecule has 0 bridgehead atoms. The number of nitrogens with zero attached hydrogens (tertiary/aromatic N) is 3. The zero-order valence-corrected chi connectivity index (χ0v) is 10.2. The number of likely N-dealkylation sites (N-methyl/N-ethyl adjacent to an activating group) is 1. The highest BCUT2D eigenvalue weighted by atomic mass is 15.3. The third-order valence-corrected chi connectivity index (χ3v) is 3.59. The summed E-state index contributed by atoms with van der Waals surface area (Å²) in [5, 5.41) is 0. The molecule has 0 atom stereocenters. The van der Waals surface area contributed by atoms with Crippen molar-refractivity contribution in [2.45, 2.75) is 6.92 Å². The second-order valence-electron chi connectivity index (χ2n) is 4.53. The number of H-pyrrole nitrogens is 1. The van der Waals surface area contributed by atoms with Gasteiger partial charge in [0, 0.05) is 31.9 Å². The normalized spacial score (nSPS) is 17.8. The number of nitrogens with one attached hydrogen (secondary N) is 1. The molecule has 1 aliphatic rings. The van der Waals surface area contributed by atoms with Crippen LogP contribution in [0.3, 0.4) is 0 Å². The molecule has 0 aliphatic carbocycles. The van der Waals surface area contributed by atoms with E-state index >= 15 is 0 Å². The number of hydrogen-bond acceptors (Lipinski definition) is 3. The number of fused-ring (bicyclic) bond motifs is 1. The standard InChI is InChI=1S/C13H18N4/c1-2-16-5-7-17(8-6-16)11-3-4-12-13(9-11)15-10-14-12/h3-4,9-10H,2,5-8H2,1H3,(H,14,15). The van der Waals surface area contributed by atoms with Crippen LogP contribution in [-0.2, 0) is 0 Å². The Hall–Kier alpha value is -1.55. The van der Waals surface area contributed by atoms with E-state index in [9.17, 15) is 0 Å². The van der Waals surface area contributed by atoms with Crippen molar-refractivity contribution in [1.82, 2.24) is 14.9 Å². The summed E-state index contributed by atoms with van der Waals surface area (Å²) in [7, 11) is 0. The summed E-state index contributed by atoms with van der Waals surface area (Å²) < 4.78 is 0. The molecule has 17 heavy (non-hydrogen) atoms. The Bertz CT molecular complexity index is 497. The van der Waals surface area contributed by atoms with Crippen LogP contribution in [0.5, 0.6) is 0 Å². The average Bonchev–Trinajstić information content (AvgIpc) is 2.86. The second kappa shape index (κ2) is 4.37. The molecule has 0 unspecified atom stereocenters. The molecule has 0 saturated carbocycles. The predicted molar refractivity (Wildman–Crippen MR) is 70.4 cm³/mol. The Kier molecular flexibility index (Phi) is 2.73. The fourth-order valence-corrected chi connectivity index (χ4v) is 2.44. The number of hydrogen-bond donors (Lipinski definition) is 1. The summed E-state index contributed by atoms with van der Waals surface area (Å²) in [4.78, 5) is 12.4. The van der Waals surface area contributed by atoms with Crippen molar-refractivity contribution in [2.24, 2.45) is 0 Å². The van der Waals surface area contributed by atoms with Crippen molar-refractivity contribution in [3.05, 3.63) is 24.5 Å². The van der Waals surface area contributed by atoms with Crippen LogP contribution in [0.25, 0.3) is 11.0 Å². The first-order chi connectivity index (χ1) is 8.36. The molecule has 4 heteroatoms. The first-order valence-electron chi connectivity index (χ1n) is 6.27. The minimum atomic E-state index is 1.04. The summed E-state index contributed by atoms with van der Waals surface area (Å²) >= 11 is 0. The maximum absolute atomic E-state index is 4.25. The van der Waals surface area contributed by atoms with Crippen LogP contribution in [-0.4, -0.2) is 47.6 Å². The highest BCUT2D eigenvalue weighted by Crippen LogP contribution is 2.20. The third-order valence-electron chi connectivity index (χ3n) is 3.59. The van der Waals surface area contributed by atoms with Crippen LogP contribution in [0.1, 0.15) is 6.92 Å². The molecule has 1 fully saturated rings. The lowest BCUT2D eigenvalue weighted by atomic mass is 10.2. The summed E-state index contributed by atoms with van der Waals surface area (Å²) in [5.74, 6) is 0. The average molecular weight is 230 g/mol. The van der Waals surface area contributed by atoms with Gasteiger partial charge >= 0.3 is 0 Å². The Morgan fingerprint density at radius 2 is 2.06 bits per heavy atom.